The minimum Gasteiger partial charge on any atom is -0.411 e. The first-order valence-corrected chi connectivity index (χ1v) is 10.5. The summed E-state index contributed by atoms with van der Waals surface area (Å²) in [5.41, 5.74) is 4.67. The number of hydrogen-bond acceptors (Lipinski definition) is 5. The summed E-state index contributed by atoms with van der Waals surface area (Å²) in [7, 11) is 0. The molecule has 6 heteroatoms. The van der Waals surface area contributed by atoms with Crippen molar-refractivity contribution in [1.29, 1.82) is 0 Å². The fourth-order valence-electron chi connectivity index (χ4n) is 3.21. The van der Waals surface area contributed by atoms with Crippen LogP contribution in [0.3, 0.4) is 0 Å². The number of carbonyl (C=O) groups excluding carboxylic acids is 1. The van der Waals surface area contributed by atoms with Gasteiger partial charge in [0, 0.05) is 11.3 Å². The van der Waals surface area contributed by atoms with Crippen LogP contribution >= 0.6 is 11.8 Å². The van der Waals surface area contributed by atoms with Crippen molar-refractivity contribution in [3.05, 3.63) is 95.6 Å². The zero-order valence-electron chi connectivity index (χ0n) is 16.7. The molecule has 0 saturated carbocycles. The number of nitrogens with one attached hydrogen (secondary N) is 1. The molecule has 30 heavy (non-hydrogen) atoms. The monoisotopic (exact) mass is 415 g/mol. The molecule has 1 amide bonds. The molecule has 1 heterocycles. The van der Waals surface area contributed by atoms with Crippen molar-refractivity contribution in [2.45, 2.75) is 24.3 Å². The van der Waals surface area contributed by atoms with Gasteiger partial charge >= 0.3 is 0 Å². The van der Waals surface area contributed by atoms with Crippen LogP contribution in [-0.2, 0) is 4.79 Å². The number of anilines is 1. The van der Waals surface area contributed by atoms with E-state index in [1.807, 2.05) is 86.6 Å². The van der Waals surface area contributed by atoms with Gasteiger partial charge in [-0.25, -0.2) is 0 Å². The van der Waals surface area contributed by atoms with Crippen LogP contribution in [0.25, 0.3) is 11.5 Å². The number of benzene rings is 3. The van der Waals surface area contributed by atoms with Gasteiger partial charge in [0.05, 0.1) is 0 Å². The lowest BCUT2D eigenvalue weighted by Gasteiger charge is -2.16. The lowest BCUT2D eigenvalue weighted by Crippen LogP contribution is -2.19. The molecular weight excluding hydrogens is 394 g/mol. The van der Waals surface area contributed by atoms with Crippen LogP contribution in [-0.4, -0.2) is 16.1 Å². The average Bonchev–Trinajstić information content (AvgIpc) is 3.21. The standard InChI is InChI=1S/C24H21N3O2S/c1-16-13-17(2)15-20(14-16)25-22(28)21(18-9-5-3-6-10-18)30-24-27-26-23(29-24)19-11-7-4-8-12-19/h3-15,21H,1-2H3,(H,25,28). The summed E-state index contributed by atoms with van der Waals surface area (Å²) in [6.45, 7) is 4.02. The summed E-state index contributed by atoms with van der Waals surface area (Å²) in [6, 6.07) is 25.1. The van der Waals surface area contributed by atoms with E-state index < -0.39 is 5.25 Å². The second-order valence-electron chi connectivity index (χ2n) is 7.01. The quantitative estimate of drug-likeness (QED) is 0.402. The van der Waals surface area contributed by atoms with E-state index in [0.717, 1.165) is 27.9 Å². The molecule has 1 unspecified atom stereocenters. The van der Waals surface area contributed by atoms with E-state index in [4.69, 9.17) is 4.42 Å². The number of rotatable bonds is 6. The summed E-state index contributed by atoms with van der Waals surface area (Å²) in [5.74, 6) is 0.287. The summed E-state index contributed by atoms with van der Waals surface area (Å²) in [6.07, 6.45) is 0. The summed E-state index contributed by atoms with van der Waals surface area (Å²) < 4.78 is 5.82. The first-order valence-electron chi connectivity index (χ1n) is 9.58. The molecule has 1 atom stereocenters. The van der Waals surface area contributed by atoms with E-state index in [-0.39, 0.29) is 5.91 Å². The lowest BCUT2D eigenvalue weighted by molar-refractivity contribution is -0.115. The van der Waals surface area contributed by atoms with Crippen LogP contribution in [0.1, 0.15) is 21.9 Å². The van der Waals surface area contributed by atoms with Gasteiger partial charge in [-0.05, 0) is 66.6 Å². The molecule has 150 valence electrons. The Bertz CT molecular complexity index is 1120. The summed E-state index contributed by atoms with van der Waals surface area (Å²) in [5, 5.41) is 11.1. The minimum absolute atomic E-state index is 0.143. The Morgan fingerprint density at radius 1 is 0.900 bits per heavy atom. The topological polar surface area (TPSA) is 68.0 Å². The fraction of sp³-hybridized carbons (Fsp3) is 0.125. The normalized spacial score (nSPS) is 11.8. The van der Waals surface area contributed by atoms with Crippen molar-refractivity contribution in [2.24, 2.45) is 0 Å². The molecular formula is C24H21N3O2S. The van der Waals surface area contributed by atoms with Gasteiger partial charge in [0.25, 0.3) is 5.22 Å². The molecule has 1 aromatic heterocycles. The summed E-state index contributed by atoms with van der Waals surface area (Å²) >= 11 is 1.24. The number of thioether (sulfide) groups is 1. The molecule has 4 rings (SSSR count). The van der Waals surface area contributed by atoms with Crippen molar-refractivity contribution in [3.63, 3.8) is 0 Å². The second-order valence-corrected chi connectivity index (χ2v) is 8.07. The highest BCUT2D eigenvalue weighted by Crippen LogP contribution is 2.36. The van der Waals surface area contributed by atoms with Crippen LogP contribution in [0, 0.1) is 13.8 Å². The third-order valence-corrected chi connectivity index (χ3v) is 5.56. The van der Waals surface area contributed by atoms with Crippen molar-refractivity contribution in [2.75, 3.05) is 5.32 Å². The largest absolute Gasteiger partial charge is 0.411 e. The van der Waals surface area contributed by atoms with Gasteiger partial charge in [0.1, 0.15) is 5.25 Å². The van der Waals surface area contributed by atoms with E-state index in [9.17, 15) is 4.79 Å². The molecule has 3 aromatic carbocycles. The molecule has 0 aliphatic carbocycles. The Kier molecular flexibility index (Phi) is 5.95. The molecule has 0 radical (unpaired) electrons. The number of aromatic nitrogens is 2. The highest BCUT2D eigenvalue weighted by Gasteiger charge is 2.25. The molecule has 5 nitrogen and oxygen atoms in total. The Labute approximate surface area is 179 Å². The predicted octanol–water partition coefficient (Wildman–Crippen LogP) is 5.83. The highest BCUT2D eigenvalue weighted by atomic mass is 32.2. The fourth-order valence-corrected chi connectivity index (χ4v) is 4.09. The van der Waals surface area contributed by atoms with Crippen LogP contribution in [0.5, 0.6) is 0 Å². The minimum atomic E-state index is -0.531. The Morgan fingerprint density at radius 2 is 1.53 bits per heavy atom. The van der Waals surface area contributed by atoms with E-state index >= 15 is 0 Å². The van der Waals surface area contributed by atoms with Crippen LogP contribution < -0.4 is 5.32 Å². The maximum Gasteiger partial charge on any atom is 0.277 e. The first-order chi connectivity index (χ1) is 14.6. The van der Waals surface area contributed by atoms with Gasteiger partial charge in [-0.2, -0.15) is 0 Å². The molecule has 1 N–H and O–H groups in total. The van der Waals surface area contributed by atoms with Crippen LogP contribution in [0.2, 0.25) is 0 Å². The smallest absolute Gasteiger partial charge is 0.277 e. The number of aryl methyl sites for hydroxylation is 2. The zero-order valence-corrected chi connectivity index (χ0v) is 17.5. The molecule has 0 spiro atoms. The molecule has 0 bridgehead atoms. The highest BCUT2D eigenvalue weighted by molar-refractivity contribution is 8.00. The van der Waals surface area contributed by atoms with Crippen molar-refractivity contribution in [3.8, 4) is 11.5 Å². The molecule has 4 aromatic rings. The average molecular weight is 416 g/mol. The Balaban J connectivity index is 1.59. The predicted molar refractivity (Wildman–Crippen MR) is 119 cm³/mol. The zero-order chi connectivity index (χ0) is 20.9. The van der Waals surface area contributed by atoms with Crippen molar-refractivity contribution >= 4 is 23.4 Å². The molecule has 0 fully saturated rings. The van der Waals surface area contributed by atoms with Crippen LogP contribution in [0.15, 0.2) is 88.5 Å². The van der Waals surface area contributed by atoms with Gasteiger partial charge in [-0.3, -0.25) is 4.79 Å². The SMILES string of the molecule is Cc1cc(C)cc(NC(=O)C(Sc2nnc(-c3ccccc3)o2)c2ccccc2)c1. The number of carbonyl (C=O) groups is 1. The number of nitrogens with zero attached hydrogens (tertiary/aromatic N) is 2. The second kappa shape index (κ2) is 8.97. The van der Waals surface area contributed by atoms with Gasteiger partial charge in [-0.1, -0.05) is 54.6 Å². The number of hydrogen-bond donors (Lipinski definition) is 1. The van der Waals surface area contributed by atoms with Crippen LogP contribution in [0.4, 0.5) is 5.69 Å². The Hall–Kier alpha value is -3.38. The van der Waals surface area contributed by atoms with Crippen molar-refractivity contribution < 1.29 is 9.21 Å². The van der Waals surface area contributed by atoms with Crippen molar-refractivity contribution in [1.82, 2.24) is 10.2 Å². The van der Waals surface area contributed by atoms with E-state index in [1.54, 1.807) is 0 Å². The molecule has 0 aliphatic rings. The maximum absolute atomic E-state index is 13.2. The van der Waals surface area contributed by atoms with Gasteiger partial charge in [0.15, 0.2) is 0 Å². The van der Waals surface area contributed by atoms with E-state index in [0.29, 0.717) is 11.1 Å². The summed E-state index contributed by atoms with van der Waals surface area (Å²) in [4.78, 5) is 13.2. The number of amides is 1. The molecule has 0 aliphatic heterocycles. The molecule has 0 saturated heterocycles. The van der Waals surface area contributed by atoms with Gasteiger partial charge in [-0.15, -0.1) is 10.2 Å². The first kappa shape index (κ1) is 19.9. The Morgan fingerprint density at radius 3 is 2.20 bits per heavy atom. The third-order valence-electron chi connectivity index (χ3n) is 4.48. The van der Waals surface area contributed by atoms with E-state index in [1.165, 1.54) is 11.8 Å². The van der Waals surface area contributed by atoms with Gasteiger partial charge < -0.3 is 9.73 Å². The maximum atomic E-state index is 13.2. The van der Waals surface area contributed by atoms with E-state index in [2.05, 4.69) is 21.6 Å². The third kappa shape index (κ3) is 4.78. The lowest BCUT2D eigenvalue weighted by atomic mass is 10.1. The van der Waals surface area contributed by atoms with Gasteiger partial charge in [0.2, 0.25) is 11.8 Å².